The second-order valence-electron chi connectivity index (χ2n) is 4.42. The molecule has 0 atom stereocenters. The summed E-state index contributed by atoms with van der Waals surface area (Å²) in [5, 5.41) is 10.5. The van der Waals surface area contributed by atoms with Crippen molar-refractivity contribution >= 4 is 17.5 Å². The van der Waals surface area contributed by atoms with Crippen molar-refractivity contribution in [3.63, 3.8) is 0 Å². The van der Waals surface area contributed by atoms with Gasteiger partial charge in [-0.1, -0.05) is 18.2 Å². The van der Waals surface area contributed by atoms with Gasteiger partial charge in [-0.15, -0.1) is 0 Å². The number of alkyl halides is 2. The molecule has 0 N–H and O–H groups in total. The molecule has 0 saturated heterocycles. The smallest absolute Gasteiger partial charge is 0.387 e. The van der Waals surface area contributed by atoms with Crippen molar-refractivity contribution in [2.45, 2.75) is 6.61 Å². The van der Waals surface area contributed by atoms with E-state index in [2.05, 4.69) is 4.74 Å². The van der Waals surface area contributed by atoms with Gasteiger partial charge in [0.2, 0.25) is 0 Å². The predicted molar refractivity (Wildman–Crippen MR) is 79.5 cm³/mol. The number of halogens is 2. The minimum atomic E-state index is -2.96. The van der Waals surface area contributed by atoms with Crippen LogP contribution in [0.15, 0.2) is 54.6 Å². The summed E-state index contributed by atoms with van der Waals surface area (Å²) in [5.41, 5.74) is 0.448. The summed E-state index contributed by atoms with van der Waals surface area (Å²) >= 11 is 0. The Bertz CT molecular complexity index is 742. The summed E-state index contributed by atoms with van der Waals surface area (Å²) in [5.74, 6) is -0.456. The van der Waals surface area contributed by atoms with Gasteiger partial charge in [0.1, 0.15) is 5.75 Å². The molecular formula is C16H11F2NO4. The van der Waals surface area contributed by atoms with Gasteiger partial charge in [-0.25, -0.2) is 0 Å². The van der Waals surface area contributed by atoms with E-state index in [9.17, 15) is 23.7 Å². The average Bonchev–Trinajstić information content (AvgIpc) is 2.53. The van der Waals surface area contributed by atoms with E-state index in [-0.39, 0.29) is 17.0 Å². The van der Waals surface area contributed by atoms with Crippen LogP contribution < -0.4 is 4.74 Å². The first-order valence-corrected chi connectivity index (χ1v) is 6.48. The standard InChI is InChI=1S/C16H11F2NO4/c17-16(18)23-15-4-2-1-3-12(15)7-10-14(20)11-5-8-13(9-6-11)19(21)22/h1-10,16H/b10-7+. The van der Waals surface area contributed by atoms with E-state index < -0.39 is 17.3 Å². The quantitative estimate of drug-likeness (QED) is 0.348. The van der Waals surface area contributed by atoms with E-state index in [1.54, 1.807) is 6.07 Å². The number of benzene rings is 2. The number of ether oxygens (including phenoxy) is 1. The molecule has 0 saturated carbocycles. The van der Waals surface area contributed by atoms with Crippen molar-refractivity contribution in [2.24, 2.45) is 0 Å². The Balaban J connectivity index is 2.16. The van der Waals surface area contributed by atoms with Crippen LogP contribution in [0.25, 0.3) is 6.08 Å². The number of nitrogens with zero attached hydrogens (tertiary/aromatic N) is 1. The van der Waals surface area contributed by atoms with Crippen molar-refractivity contribution in [1.82, 2.24) is 0 Å². The molecule has 0 bridgehead atoms. The Morgan fingerprint density at radius 3 is 2.39 bits per heavy atom. The van der Waals surface area contributed by atoms with Crippen LogP contribution in [-0.4, -0.2) is 17.3 Å². The molecule has 7 heteroatoms. The molecule has 2 rings (SSSR count). The van der Waals surface area contributed by atoms with Crippen LogP contribution in [0.2, 0.25) is 0 Å². The third-order valence-electron chi connectivity index (χ3n) is 2.91. The van der Waals surface area contributed by atoms with Gasteiger partial charge in [-0.05, 0) is 30.4 Å². The van der Waals surface area contributed by atoms with E-state index in [0.717, 1.165) is 0 Å². The molecule has 5 nitrogen and oxygen atoms in total. The largest absolute Gasteiger partial charge is 0.434 e. The Morgan fingerprint density at radius 2 is 1.78 bits per heavy atom. The third kappa shape index (κ3) is 4.44. The van der Waals surface area contributed by atoms with Gasteiger partial charge >= 0.3 is 6.61 Å². The zero-order chi connectivity index (χ0) is 16.8. The number of carbonyl (C=O) groups excluding carboxylic acids is 1. The normalized spacial score (nSPS) is 10.9. The van der Waals surface area contributed by atoms with Crippen LogP contribution in [0, 0.1) is 10.1 Å². The molecule has 0 spiro atoms. The van der Waals surface area contributed by atoms with Crippen molar-refractivity contribution < 1.29 is 23.2 Å². The van der Waals surface area contributed by atoms with Gasteiger partial charge in [0, 0.05) is 23.3 Å². The minimum absolute atomic E-state index is 0.0461. The highest BCUT2D eigenvalue weighted by molar-refractivity contribution is 6.07. The second-order valence-corrected chi connectivity index (χ2v) is 4.42. The summed E-state index contributed by atoms with van der Waals surface area (Å²) in [4.78, 5) is 22.0. The molecular weight excluding hydrogens is 308 g/mol. The van der Waals surface area contributed by atoms with E-state index in [1.807, 2.05) is 0 Å². The highest BCUT2D eigenvalue weighted by Crippen LogP contribution is 2.22. The number of allylic oxidation sites excluding steroid dienone is 1. The number of carbonyl (C=O) groups is 1. The number of hydrogen-bond acceptors (Lipinski definition) is 4. The fraction of sp³-hybridized carbons (Fsp3) is 0.0625. The molecule has 0 fully saturated rings. The molecule has 0 unspecified atom stereocenters. The molecule has 0 aliphatic carbocycles. The van der Waals surface area contributed by atoms with Gasteiger partial charge in [0.25, 0.3) is 5.69 Å². The molecule has 118 valence electrons. The molecule has 0 aliphatic rings. The zero-order valence-electron chi connectivity index (χ0n) is 11.7. The highest BCUT2D eigenvalue weighted by Gasteiger charge is 2.09. The Kier molecular flexibility index (Phi) is 5.14. The lowest BCUT2D eigenvalue weighted by molar-refractivity contribution is -0.384. The Labute approximate surface area is 130 Å². The predicted octanol–water partition coefficient (Wildman–Crippen LogP) is 4.09. The van der Waals surface area contributed by atoms with E-state index in [0.29, 0.717) is 5.56 Å². The number of non-ortho nitro benzene ring substituents is 1. The number of nitro benzene ring substituents is 1. The zero-order valence-corrected chi connectivity index (χ0v) is 11.7. The first-order valence-electron chi connectivity index (χ1n) is 6.48. The average molecular weight is 319 g/mol. The third-order valence-corrected chi connectivity index (χ3v) is 2.91. The van der Waals surface area contributed by atoms with E-state index in [4.69, 9.17) is 0 Å². The molecule has 0 amide bonds. The van der Waals surface area contributed by atoms with Crippen LogP contribution >= 0.6 is 0 Å². The van der Waals surface area contributed by atoms with Crippen LogP contribution in [-0.2, 0) is 0 Å². The number of nitro groups is 1. The SMILES string of the molecule is O=C(/C=C/c1ccccc1OC(F)F)c1ccc([N+](=O)[O-])cc1. The molecule has 2 aromatic rings. The highest BCUT2D eigenvalue weighted by atomic mass is 19.3. The van der Waals surface area contributed by atoms with Gasteiger partial charge in [0.15, 0.2) is 5.78 Å². The molecule has 0 aromatic heterocycles. The first kappa shape index (κ1) is 16.3. The number of hydrogen-bond donors (Lipinski definition) is 0. The van der Waals surface area contributed by atoms with Crippen LogP contribution in [0.4, 0.5) is 14.5 Å². The number of rotatable bonds is 6. The van der Waals surface area contributed by atoms with Crippen LogP contribution in [0.1, 0.15) is 15.9 Å². The van der Waals surface area contributed by atoms with Gasteiger partial charge < -0.3 is 4.74 Å². The van der Waals surface area contributed by atoms with Gasteiger partial charge in [-0.3, -0.25) is 14.9 Å². The van der Waals surface area contributed by atoms with E-state index in [1.165, 1.54) is 54.6 Å². The summed E-state index contributed by atoms with van der Waals surface area (Å²) in [6.45, 7) is -2.96. The molecule has 0 aliphatic heterocycles. The second kappa shape index (κ2) is 7.26. The van der Waals surface area contributed by atoms with Gasteiger partial charge in [0.05, 0.1) is 4.92 Å². The maximum absolute atomic E-state index is 12.3. The van der Waals surface area contributed by atoms with Crippen LogP contribution in [0.3, 0.4) is 0 Å². The summed E-state index contributed by atoms with van der Waals surface area (Å²) < 4.78 is 29.0. The Morgan fingerprint density at radius 1 is 1.13 bits per heavy atom. The molecule has 23 heavy (non-hydrogen) atoms. The maximum Gasteiger partial charge on any atom is 0.387 e. The molecule has 0 heterocycles. The lowest BCUT2D eigenvalue weighted by Gasteiger charge is -2.07. The summed E-state index contributed by atoms with van der Waals surface area (Å²) in [6, 6.07) is 11.1. The monoisotopic (exact) mass is 319 g/mol. The minimum Gasteiger partial charge on any atom is -0.434 e. The van der Waals surface area contributed by atoms with Gasteiger partial charge in [-0.2, -0.15) is 8.78 Å². The lowest BCUT2D eigenvalue weighted by Crippen LogP contribution is -2.03. The fourth-order valence-electron chi connectivity index (χ4n) is 1.83. The Hall–Kier alpha value is -3.09. The van der Waals surface area contributed by atoms with Crippen molar-refractivity contribution in [2.75, 3.05) is 0 Å². The topological polar surface area (TPSA) is 69.4 Å². The number of para-hydroxylation sites is 1. The first-order chi connectivity index (χ1) is 11.0. The lowest BCUT2D eigenvalue weighted by atomic mass is 10.1. The summed E-state index contributed by atoms with van der Waals surface area (Å²) in [7, 11) is 0. The maximum atomic E-state index is 12.3. The van der Waals surface area contributed by atoms with Crippen molar-refractivity contribution in [3.8, 4) is 5.75 Å². The summed E-state index contributed by atoms with van der Waals surface area (Å²) in [6.07, 6.45) is 2.54. The fourth-order valence-corrected chi connectivity index (χ4v) is 1.83. The van der Waals surface area contributed by atoms with Crippen molar-refractivity contribution in [3.05, 3.63) is 75.8 Å². The van der Waals surface area contributed by atoms with E-state index >= 15 is 0 Å². The van der Waals surface area contributed by atoms with Crippen LogP contribution in [0.5, 0.6) is 5.75 Å². The van der Waals surface area contributed by atoms with Crippen molar-refractivity contribution in [1.29, 1.82) is 0 Å². The molecule has 0 radical (unpaired) electrons. The molecule has 2 aromatic carbocycles. The number of ketones is 1.